The fraction of sp³-hybridized carbons (Fsp3) is 0.333. The van der Waals surface area contributed by atoms with Crippen LogP contribution in [0.25, 0.3) is 0 Å². The van der Waals surface area contributed by atoms with Crippen LogP contribution in [0.3, 0.4) is 0 Å². The van der Waals surface area contributed by atoms with Crippen LogP contribution >= 0.6 is 11.6 Å². The summed E-state index contributed by atoms with van der Waals surface area (Å²) in [6, 6.07) is 7.15. The van der Waals surface area contributed by atoms with Crippen LogP contribution in [0.4, 0.5) is 5.69 Å². The zero-order valence-corrected chi connectivity index (χ0v) is 19.5. The number of halogens is 1. The highest BCUT2D eigenvalue weighted by atomic mass is 35.5. The molecule has 35 heavy (non-hydrogen) atoms. The number of carbonyl (C=O) groups is 4. The number of likely N-dealkylation sites (tertiary alicyclic amines) is 1. The van der Waals surface area contributed by atoms with E-state index in [2.05, 4.69) is 0 Å². The molecule has 180 valence electrons. The van der Waals surface area contributed by atoms with Crippen molar-refractivity contribution in [2.75, 3.05) is 19.6 Å². The largest absolute Gasteiger partial charge is 0.486 e. The summed E-state index contributed by atoms with van der Waals surface area (Å²) < 4.78 is 6.29. The number of piperidine rings is 1. The van der Waals surface area contributed by atoms with Crippen molar-refractivity contribution in [3.05, 3.63) is 67.7 Å². The van der Waals surface area contributed by atoms with E-state index in [-0.39, 0.29) is 36.4 Å². The average Bonchev–Trinajstić information content (AvgIpc) is 3.05. The first-order chi connectivity index (χ1) is 16.6. The van der Waals surface area contributed by atoms with Gasteiger partial charge in [0.2, 0.25) is 5.91 Å². The number of benzene rings is 2. The SMILES string of the molecule is Cc1cc(Cl)cc2c1OC1(CCN(C(=O)CN3C(=O)c4cccc([N+](=O)[O-])c4C3=O)CC1)CC2=O. The Morgan fingerprint density at radius 3 is 2.54 bits per heavy atom. The van der Waals surface area contributed by atoms with E-state index >= 15 is 0 Å². The lowest BCUT2D eigenvalue weighted by Crippen LogP contribution is -2.54. The van der Waals surface area contributed by atoms with E-state index < -0.39 is 40.5 Å². The Morgan fingerprint density at radius 1 is 1.14 bits per heavy atom. The minimum atomic E-state index is -0.855. The van der Waals surface area contributed by atoms with Crippen LogP contribution in [0, 0.1) is 17.0 Å². The first-order valence-corrected chi connectivity index (χ1v) is 11.4. The zero-order valence-electron chi connectivity index (χ0n) is 18.7. The Labute approximate surface area is 204 Å². The molecule has 1 saturated heterocycles. The number of ether oxygens (including phenoxy) is 1. The van der Waals surface area contributed by atoms with Crippen molar-refractivity contribution < 1.29 is 28.8 Å². The van der Waals surface area contributed by atoms with Gasteiger partial charge in [-0.1, -0.05) is 17.7 Å². The molecule has 0 saturated carbocycles. The number of imide groups is 1. The second kappa shape index (κ2) is 8.16. The Bertz CT molecular complexity index is 1330. The highest BCUT2D eigenvalue weighted by Crippen LogP contribution is 2.42. The molecule has 0 unspecified atom stereocenters. The van der Waals surface area contributed by atoms with Gasteiger partial charge in [-0.3, -0.25) is 34.2 Å². The summed E-state index contributed by atoms with van der Waals surface area (Å²) in [4.78, 5) is 64.1. The Kier molecular flexibility index (Phi) is 5.36. The number of Topliss-reactive ketones (excluding diaryl/α,β-unsaturated/α-hetero) is 1. The van der Waals surface area contributed by atoms with Crippen LogP contribution < -0.4 is 4.74 Å². The molecule has 3 aliphatic rings. The molecule has 1 spiro atoms. The fourth-order valence-electron chi connectivity index (χ4n) is 5.00. The third-order valence-corrected chi connectivity index (χ3v) is 7.05. The standard InChI is InChI=1S/C24H20ClN3O7/c1-13-9-14(25)10-16-18(29)11-24(35-21(13)16)5-7-26(8-6-24)19(30)12-27-22(31)15-3-2-4-17(28(33)34)20(15)23(27)32/h2-4,9-10H,5-8,11-12H2,1H3. The molecule has 3 amide bonds. The minimum absolute atomic E-state index is 0.0655. The van der Waals surface area contributed by atoms with Gasteiger partial charge in [0.1, 0.15) is 23.5 Å². The normalized spacial score (nSPS) is 18.4. The molecule has 0 aliphatic carbocycles. The third-order valence-electron chi connectivity index (χ3n) is 6.84. The van der Waals surface area contributed by atoms with E-state index in [1.165, 1.54) is 17.0 Å². The maximum Gasteiger partial charge on any atom is 0.282 e. The van der Waals surface area contributed by atoms with Gasteiger partial charge in [0.05, 0.1) is 22.5 Å². The maximum absolute atomic E-state index is 13.0. The van der Waals surface area contributed by atoms with E-state index in [0.717, 1.165) is 16.5 Å². The van der Waals surface area contributed by atoms with Gasteiger partial charge >= 0.3 is 0 Å². The van der Waals surface area contributed by atoms with Crippen LogP contribution in [-0.4, -0.2) is 63.5 Å². The smallest absolute Gasteiger partial charge is 0.282 e. The van der Waals surface area contributed by atoms with Crippen LogP contribution in [0.2, 0.25) is 5.02 Å². The van der Waals surface area contributed by atoms with Crippen molar-refractivity contribution in [1.82, 2.24) is 9.80 Å². The molecule has 0 aromatic heterocycles. The van der Waals surface area contributed by atoms with Gasteiger partial charge in [-0.05, 0) is 30.7 Å². The number of nitrogens with zero attached hydrogens (tertiary/aromatic N) is 3. The van der Waals surface area contributed by atoms with E-state index in [1.807, 2.05) is 6.92 Å². The number of nitro groups is 1. The summed E-state index contributed by atoms with van der Waals surface area (Å²) in [6.07, 6.45) is 0.975. The lowest BCUT2D eigenvalue weighted by molar-refractivity contribution is -0.385. The molecular weight excluding hydrogens is 478 g/mol. The number of hydrogen-bond acceptors (Lipinski definition) is 7. The number of hydrogen-bond donors (Lipinski definition) is 0. The molecule has 11 heteroatoms. The van der Waals surface area contributed by atoms with Gasteiger partial charge in [-0.2, -0.15) is 0 Å². The second-order valence-electron chi connectivity index (χ2n) is 9.02. The van der Waals surface area contributed by atoms with Gasteiger partial charge in [0.25, 0.3) is 17.5 Å². The molecule has 0 atom stereocenters. The molecule has 2 aromatic carbocycles. The highest BCUT2D eigenvalue weighted by Gasteiger charge is 2.46. The van der Waals surface area contributed by atoms with Crippen molar-refractivity contribution in [3.63, 3.8) is 0 Å². The number of carbonyl (C=O) groups excluding carboxylic acids is 4. The highest BCUT2D eigenvalue weighted by molar-refractivity contribution is 6.31. The van der Waals surface area contributed by atoms with Gasteiger partial charge in [-0.15, -0.1) is 0 Å². The number of nitro benzene ring substituents is 1. The van der Waals surface area contributed by atoms with Gasteiger partial charge in [0, 0.05) is 37.0 Å². The molecule has 3 aliphatic heterocycles. The summed E-state index contributed by atoms with van der Waals surface area (Å²) in [5.74, 6) is -1.60. The van der Waals surface area contributed by atoms with E-state index in [0.29, 0.717) is 29.2 Å². The van der Waals surface area contributed by atoms with Gasteiger partial charge < -0.3 is 9.64 Å². The first-order valence-electron chi connectivity index (χ1n) is 11.0. The number of ketones is 1. The summed E-state index contributed by atoms with van der Waals surface area (Å²) in [5.41, 5.74) is -0.368. The monoisotopic (exact) mass is 497 g/mol. The molecular formula is C24H20ClN3O7. The van der Waals surface area contributed by atoms with Crippen LogP contribution in [0.15, 0.2) is 30.3 Å². The van der Waals surface area contributed by atoms with Crippen LogP contribution in [0.1, 0.15) is 55.9 Å². The zero-order chi connectivity index (χ0) is 25.1. The summed E-state index contributed by atoms with van der Waals surface area (Å²) in [6.45, 7) is 1.85. The summed E-state index contributed by atoms with van der Waals surface area (Å²) in [7, 11) is 0. The van der Waals surface area contributed by atoms with E-state index in [4.69, 9.17) is 16.3 Å². The van der Waals surface area contributed by atoms with E-state index in [9.17, 15) is 29.3 Å². The Hall–Kier alpha value is -3.79. The molecule has 3 heterocycles. The molecule has 2 aromatic rings. The number of aryl methyl sites for hydroxylation is 1. The third kappa shape index (κ3) is 3.74. The van der Waals surface area contributed by atoms with Crippen molar-refractivity contribution in [2.45, 2.75) is 31.8 Å². The number of fused-ring (bicyclic) bond motifs is 2. The van der Waals surface area contributed by atoms with Gasteiger partial charge in [0.15, 0.2) is 5.78 Å². The first kappa shape index (κ1) is 23.0. The predicted molar refractivity (Wildman–Crippen MR) is 123 cm³/mol. The molecule has 5 rings (SSSR count). The lowest BCUT2D eigenvalue weighted by Gasteiger charge is -2.44. The molecule has 0 bridgehead atoms. The van der Waals surface area contributed by atoms with E-state index in [1.54, 1.807) is 12.1 Å². The topological polar surface area (TPSA) is 127 Å². The minimum Gasteiger partial charge on any atom is -0.486 e. The molecule has 0 radical (unpaired) electrons. The fourth-order valence-corrected chi connectivity index (χ4v) is 5.27. The van der Waals surface area contributed by atoms with Crippen molar-refractivity contribution in [2.24, 2.45) is 0 Å². The van der Waals surface area contributed by atoms with Crippen LogP contribution in [-0.2, 0) is 4.79 Å². The Balaban J connectivity index is 1.28. The van der Waals surface area contributed by atoms with Crippen LogP contribution in [0.5, 0.6) is 5.75 Å². The maximum atomic E-state index is 13.0. The van der Waals surface area contributed by atoms with Crippen molar-refractivity contribution >= 4 is 40.8 Å². The Morgan fingerprint density at radius 2 is 1.86 bits per heavy atom. The second-order valence-corrected chi connectivity index (χ2v) is 9.45. The molecule has 10 nitrogen and oxygen atoms in total. The average molecular weight is 498 g/mol. The summed E-state index contributed by atoms with van der Waals surface area (Å²) >= 11 is 6.09. The van der Waals surface area contributed by atoms with Gasteiger partial charge in [-0.25, -0.2) is 0 Å². The quantitative estimate of drug-likeness (QED) is 0.362. The van der Waals surface area contributed by atoms with Crippen molar-refractivity contribution in [1.29, 1.82) is 0 Å². The molecule has 0 N–H and O–H groups in total. The molecule has 1 fully saturated rings. The predicted octanol–water partition coefficient (Wildman–Crippen LogP) is 3.18. The number of rotatable bonds is 3. The summed E-state index contributed by atoms with van der Waals surface area (Å²) in [5, 5.41) is 11.7. The van der Waals surface area contributed by atoms with Crippen molar-refractivity contribution in [3.8, 4) is 5.75 Å². The lowest BCUT2D eigenvalue weighted by atomic mass is 9.82. The number of amides is 3.